The second kappa shape index (κ2) is 15.3. The predicted molar refractivity (Wildman–Crippen MR) is 123 cm³/mol. The average molecular weight is 431 g/mol. The van der Waals surface area contributed by atoms with Gasteiger partial charge in [-0.25, -0.2) is 0 Å². The minimum atomic E-state index is -0.804. The fraction of sp³-hybridized carbons (Fsp3) is 0.640. The minimum absolute atomic E-state index is 0.104. The second-order valence-corrected chi connectivity index (χ2v) is 8.16. The summed E-state index contributed by atoms with van der Waals surface area (Å²) < 4.78 is 0. The normalized spacial score (nSPS) is 20.4. The van der Waals surface area contributed by atoms with Crippen LogP contribution >= 0.6 is 0 Å². The first-order chi connectivity index (χ1) is 14.9. The highest BCUT2D eigenvalue weighted by molar-refractivity contribution is 5.97. The number of rotatable bonds is 12. The molecule has 0 aromatic rings. The van der Waals surface area contributed by atoms with Crippen molar-refractivity contribution in [3.8, 4) is 11.8 Å². The molecular weight excluding hydrogens is 392 g/mol. The van der Waals surface area contributed by atoms with Crippen LogP contribution in [-0.2, 0) is 14.4 Å². The van der Waals surface area contributed by atoms with E-state index in [1.165, 1.54) is 12.5 Å². The van der Waals surface area contributed by atoms with Gasteiger partial charge < -0.3 is 15.7 Å². The van der Waals surface area contributed by atoms with Crippen LogP contribution in [-0.4, -0.2) is 34.8 Å². The molecule has 0 radical (unpaired) electrons. The smallest absolute Gasteiger partial charge is 0.286 e. The van der Waals surface area contributed by atoms with E-state index in [4.69, 9.17) is 0 Å². The Hall–Kier alpha value is -2.55. The summed E-state index contributed by atoms with van der Waals surface area (Å²) >= 11 is 0. The molecule has 3 N–H and O–H groups in total. The second-order valence-electron chi connectivity index (χ2n) is 8.16. The van der Waals surface area contributed by atoms with Crippen molar-refractivity contribution < 1.29 is 19.5 Å². The van der Waals surface area contributed by atoms with Crippen LogP contribution in [0.25, 0.3) is 0 Å². The first-order valence-electron chi connectivity index (χ1n) is 11.5. The van der Waals surface area contributed by atoms with Gasteiger partial charge in [0.05, 0.1) is 12.5 Å². The Morgan fingerprint density at radius 3 is 2.61 bits per heavy atom. The van der Waals surface area contributed by atoms with Crippen LogP contribution in [0.4, 0.5) is 0 Å². The van der Waals surface area contributed by atoms with E-state index in [0.29, 0.717) is 12.8 Å². The Bertz CT molecular complexity index is 715. The van der Waals surface area contributed by atoms with Crippen molar-refractivity contribution in [3.63, 3.8) is 0 Å². The number of amides is 2. The van der Waals surface area contributed by atoms with Gasteiger partial charge in [0.25, 0.3) is 5.91 Å². The Balaban J connectivity index is 2.77. The fourth-order valence-electron chi connectivity index (χ4n) is 3.40. The van der Waals surface area contributed by atoms with Gasteiger partial charge in [-0.3, -0.25) is 14.4 Å². The molecule has 0 aromatic heterocycles. The van der Waals surface area contributed by atoms with Gasteiger partial charge in [-0.1, -0.05) is 76.4 Å². The lowest BCUT2D eigenvalue weighted by molar-refractivity contribution is -0.131. The molecule has 1 aliphatic rings. The molecule has 6 heteroatoms. The van der Waals surface area contributed by atoms with Gasteiger partial charge in [-0.05, 0) is 32.3 Å². The summed E-state index contributed by atoms with van der Waals surface area (Å²) in [6, 6.07) is -1.40. The summed E-state index contributed by atoms with van der Waals surface area (Å²) in [5, 5.41) is 15.4. The van der Waals surface area contributed by atoms with Gasteiger partial charge >= 0.3 is 0 Å². The van der Waals surface area contributed by atoms with Crippen LogP contribution in [0.15, 0.2) is 24.0 Å². The molecule has 0 fully saturated rings. The molecule has 0 saturated carbocycles. The number of hydrogen-bond donors (Lipinski definition) is 3. The molecule has 3 atom stereocenters. The summed E-state index contributed by atoms with van der Waals surface area (Å²) in [7, 11) is 0. The zero-order valence-corrected chi connectivity index (χ0v) is 19.2. The van der Waals surface area contributed by atoms with E-state index < -0.39 is 23.8 Å². The number of nitrogens with one attached hydrogen (secondary N) is 2. The van der Waals surface area contributed by atoms with Crippen molar-refractivity contribution in [2.45, 2.75) is 97.1 Å². The summed E-state index contributed by atoms with van der Waals surface area (Å²) in [5.74, 6) is 4.45. The van der Waals surface area contributed by atoms with Crippen molar-refractivity contribution in [2.75, 3.05) is 0 Å². The summed E-state index contributed by atoms with van der Waals surface area (Å²) in [4.78, 5) is 37.6. The maximum absolute atomic E-state index is 12.9. The number of Topliss-reactive ketones (excluding diaryl/α,β-unsaturated/α-hetero) is 1. The summed E-state index contributed by atoms with van der Waals surface area (Å²) in [6.07, 6.45) is 12.7. The van der Waals surface area contributed by atoms with Gasteiger partial charge in [0.1, 0.15) is 6.04 Å². The van der Waals surface area contributed by atoms with Crippen LogP contribution in [0.5, 0.6) is 0 Å². The highest BCUT2D eigenvalue weighted by Gasteiger charge is 2.27. The van der Waals surface area contributed by atoms with E-state index in [-0.39, 0.29) is 24.0 Å². The van der Waals surface area contributed by atoms with Crippen LogP contribution in [0, 0.1) is 17.8 Å². The number of carbonyl (C=O) groups excluding carboxylic acids is 3. The summed E-state index contributed by atoms with van der Waals surface area (Å²) in [6.45, 7) is 5.93. The Labute approximate surface area is 186 Å². The first kappa shape index (κ1) is 26.5. The molecule has 0 saturated heterocycles. The lowest BCUT2D eigenvalue weighted by Crippen LogP contribution is -2.52. The SMILES string of the molecule is C/C=C\C=C(/O)C(=O)N[C@@H](CCCCCCCC)C(=O)N[C@H]1CC[C@@H](C)C#CCC1=O. The molecule has 2 amide bonds. The molecular formula is C25H38N2O4. The van der Waals surface area contributed by atoms with E-state index in [2.05, 4.69) is 29.4 Å². The van der Waals surface area contributed by atoms with Gasteiger partial charge in [0.2, 0.25) is 5.91 Å². The number of aliphatic hydroxyl groups excluding tert-OH is 1. The van der Waals surface area contributed by atoms with Gasteiger partial charge in [0.15, 0.2) is 11.5 Å². The van der Waals surface area contributed by atoms with Crippen molar-refractivity contribution >= 4 is 17.6 Å². The van der Waals surface area contributed by atoms with E-state index in [9.17, 15) is 19.5 Å². The van der Waals surface area contributed by atoms with Crippen LogP contribution in [0.2, 0.25) is 0 Å². The highest BCUT2D eigenvalue weighted by Crippen LogP contribution is 2.13. The highest BCUT2D eigenvalue weighted by atomic mass is 16.3. The number of unbranched alkanes of at least 4 members (excludes halogenated alkanes) is 5. The maximum atomic E-state index is 12.9. The number of carbonyl (C=O) groups is 3. The van der Waals surface area contributed by atoms with E-state index >= 15 is 0 Å². The molecule has 1 rings (SSSR count). The largest absolute Gasteiger partial charge is 0.503 e. The van der Waals surface area contributed by atoms with Crippen molar-refractivity contribution in [3.05, 3.63) is 24.0 Å². The third kappa shape index (κ3) is 10.9. The molecule has 0 bridgehead atoms. The maximum Gasteiger partial charge on any atom is 0.286 e. The Kier molecular flexibility index (Phi) is 13.1. The molecule has 6 nitrogen and oxygen atoms in total. The molecule has 172 valence electrons. The van der Waals surface area contributed by atoms with E-state index in [0.717, 1.165) is 38.5 Å². The lowest BCUT2D eigenvalue weighted by atomic mass is 9.95. The number of hydrogen-bond acceptors (Lipinski definition) is 4. The predicted octanol–water partition coefficient (Wildman–Crippen LogP) is 4.12. The van der Waals surface area contributed by atoms with Crippen LogP contribution in [0.3, 0.4) is 0 Å². The average Bonchev–Trinajstić information content (AvgIpc) is 2.74. The van der Waals surface area contributed by atoms with E-state index in [1.807, 2.05) is 6.92 Å². The van der Waals surface area contributed by atoms with Crippen molar-refractivity contribution in [2.24, 2.45) is 5.92 Å². The number of aliphatic hydroxyl groups is 1. The number of allylic oxidation sites excluding steroid dienone is 3. The molecule has 31 heavy (non-hydrogen) atoms. The first-order valence-corrected chi connectivity index (χ1v) is 11.5. The Morgan fingerprint density at radius 1 is 1.19 bits per heavy atom. The van der Waals surface area contributed by atoms with Gasteiger partial charge in [-0.2, -0.15) is 0 Å². The molecule has 0 spiro atoms. The van der Waals surface area contributed by atoms with E-state index in [1.54, 1.807) is 19.1 Å². The third-order valence-electron chi connectivity index (χ3n) is 5.35. The Morgan fingerprint density at radius 2 is 1.90 bits per heavy atom. The zero-order chi connectivity index (χ0) is 23.1. The third-order valence-corrected chi connectivity index (χ3v) is 5.35. The van der Waals surface area contributed by atoms with Crippen LogP contribution < -0.4 is 10.6 Å². The van der Waals surface area contributed by atoms with Crippen molar-refractivity contribution in [1.29, 1.82) is 0 Å². The lowest BCUT2D eigenvalue weighted by Gasteiger charge is -2.23. The van der Waals surface area contributed by atoms with Gasteiger partial charge in [-0.15, -0.1) is 0 Å². The quantitative estimate of drug-likeness (QED) is 0.143. The topological polar surface area (TPSA) is 95.5 Å². The molecule has 1 aliphatic carbocycles. The van der Waals surface area contributed by atoms with Crippen molar-refractivity contribution in [1.82, 2.24) is 10.6 Å². The molecule has 0 aliphatic heterocycles. The van der Waals surface area contributed by atoms with Crippen LogP contribution in [0.1, 0.15) is 85.0 Å². The molecule has 0 aromatic carbocycles. The number of ketones is 1. The van der Waals surface area contributed by atoms with Gasteiger partial charge in [0, 0.05) is 5.92 Å². The minimum Gasteiger partial charge on any atom is -0.503 e. The molecule has 0 unspecified atom stereocenters. The monoisotopic (exact) mass is 430 g/mol. The zero-order valence-electron chi connectivity index (χ0n) is 19.2. The molecule has 0 heterocycles. The summed E-state index contributed by atoms with van der Waals surface area (Å²) in [5.41, 5.74) is 0. The standard InChI is InChI=1S/C25H38N2O4/c1-4-6-8-9-10-11-14-21(27-25(31)23(29)15-7-5-2)24(30)26-20-18-17-19(3)13-12-16-22(20)28/h5,7,15,19-21,29H,4,6,8-11,14,16-18H2,1-3H3,(H,26,30)(H,27,31)/b7-5-,23-15-/t19-,20-,21-/m0/s1. The fourth-order valence-corrected chi connectivity index (χ4v) is 3.40.